The molecular formula is C34H32N4O5S. The fourth-order valence-corrected chi connectivity index (χ4v) is 5.13. The van der Waals surface area contributed by atoms with Crippen LogP contribution in [0.2, 0.25) is 0 Å². The third-order valence-electron chi connectivity index (χ3n) is 6.40. The highest BCUT2D eigenvalue weighted by molar-refractivity contribution is 8.00. The molecule has 9 nitrogen and oxygen atoms in total. The lowest BCUT2D eigenvalue weighted by Gasteiger charge is -2.16. The molecule has 0 fully saturated rings. The molecule has 4 aromatic carbocycles. The molecule has 0 aliphatic carbocycles. The SMILES string of the molecule is CCC(Sc1cccc(NC(=O)/C(=C/c2cccc(OC)c2)NC(=O)c2ccccc2)c1)C(=O)Nc1ccc(C(N)=O)cc1. The molecule has 0 saturated carbocycles. The number of hydrogen-bond donors (Lipinski definition) is 4. The van der Waals surface area contributed by atoms with E-state index in [2.05, 4.69) is 16.0 Å². The third kappa shape index (κ3) is 8.83. The van der Waals surface area contributed by atoms with Crippen LogP contribution in [0.5, 0.6) is 5.75 Å². The Labute approximate surface area is 259 Å². The smallest absolute Gasteiger partial charge is 0.272 e. The normalized spacial score (nSPS) is 11.6. The van der Waals surface area contributed by atoms with E-state index in [4.69, 9.17) is 10.5 Å². The summed E-state index contributed by atoms with van der Waals surface area (Å²) in [6, 6.07) is 29.2. The molecule has 4 aromatic rings. The number of nitrogens with one attached hydrogen (secondary N) is 3. The summed E-state index contributed by atoms with van der Waals surface area (Å²) in [7, 11) is 1.55. The third-order valence-corrected chi connectivity index (χ3v) is 7.76. The van der Waals surface area contributed by atoms with Crippen molar-refractivity contribution in [2.45, 2.75) is 23.5 Å². The van der Waals surface area contributed by atoms with E-state index in [9.17, 15) is 19.2 Å². The van der Waals surface area contributed by atoms with Crippen LogP contribution in [0.4, 0.5) is 11.4 Å². The first-order valence-electron chi connectivity index (χ1n) is 13.8. The van der Waals surface area contributed by atoms with Gasteiger partial charge in [0, 0.05) is 27.4 Å². The number of amides is 4. The van der Waals surface area contributed by atoms with Gasteiger partial charge in [-0.25, -0.2) is 0 Å². The minimum atomic E-state index is -0.543. The molecule has 5 N–H and O–H groups in total. The standard InChI is InChI=1S/C34H32N4O5S/c1-3-30(34(42)36-25-17-15-23(16-18-25)31(35)39)44-28-14-8-12-26(21-28)37-33(41)29(20-22-9-7-13-27(19-22)43-2)38-32(40)24-10-5-4-6-11-24/h4-21,30H,3H2,1-2H3,(H2,35,39)(H,36,42)(H,37,41)(H,38,40)/b29-20-. The van der Waals surface area contributed by atoms with E-state index in [1.54, 1.807) is 110 Å². The van der Waals surface area contributed by atoms with Crippen LogP contribution in [0.1, 0.15) is 39.6 Å². The summed E-state index contributed by atoms with van der Waals surface area (Å²) in [4.78, 5) is 51.5. The molecule has 1 unspecified atom stereocenters. The van der Waals surface area contributed by atoms with E-state index in [0.29, 0.717) is 40.2 Å². The van der Waals surface area contributed by atoms with E-state index < -0.39 is 23.0 Å². The zero-order valence-corrected chi connectivity index (χ0v) is 25.0. The van der Waals surface area contributed by atoms with Gasteiger partial charge >= 0.3 is 0 Å². The van der Waals surface area contributed by atoms with E-state index in [-0.39, 0.29) is 11.6 Å². The lowest BCUT2D eigenvalue weighted by Crippen LogP contribution is -2.30. The number of methoxy groups -OCH3 is 1. The summed E-state index contributed by atoms with van der Waals surface area (Å²) in [5, 5.41) is 8.03. The lowest BCUT2D eigenvalue weighted by atomic mass is 10.1. The van der Waals surface area contributed by atoms with Gasteiger partial charge in [0.15, 0.2) is 0 Å². The number of hydrogen-bond acceptors (Lipinski definition) is 6. The molecular weight excluding hydrogens is 576 g/mol. The Bertz CT molecular complexity index is 1670. The van der Waals surface area contributed by atoms with E-state index in [0.717, 1.165) is 4.90 Å². The minimum absolute atomic E-state index is 0.0401. The second-order valence-corrected chi connectivity index (χ2v) is 10.9. The molecule has 0 saturated heterocycles. The van der Waals surface area contributed by atoms with Crippen molar-refractivity contribution in [1.82, 2.24) is 5.32 Å². The van der Waals surface area contributed by atoms with Crippen LogP contribution in [-0.4, -0.2) is 36.0 Å². The average Bonchev–Trinajstić information content (AvgIpc) is 3.04. The minimum Gasteiger partial charge on any atom is -0.497 e. The summed E-state index contributed by atoms with van der Waals surface area (Å²) >= 11 is 1.35. The van der Waals surface area contributed by atoms with Gasteiger partial charge in [-0.15, -0.1) is 11.8 Å². The zero-order valence-electron chi connectivity index (χ0n) is 24.2. The summed E-state index contributed by atoms with van der Waals surface area (Å²) in [6.07, 6.45) is 2.12. The highest BCUT2D eigenvalue weighted by atomic mass is 32.2. The number of anilines is 2. The maximum Gasteiger partial charge on any atom is 0.272 e. The number of carbonyl (C=O) groups is 4. The van der Waals surface area contributed by atoms with Crippen LogP contribution in [-0.2, 0) is 9.59 Å². The van der Waals surface area contributed by atoms with Gasteiger partial charge in [-0.3, -0.25) is 19.2 Å². The van der Waals surface area contributed by atoms with Crippen molar-refractivity contribution in [3.63, 3.8) is 0 Å². The number of nitrogens with two attached hydrogens (primary N) is 1. The Kier molecular flexibility index (Phi) is 10.9. The van der Waals surface area contributed by atoms with Crippen LogP contribution < -0.4 is 26.4 Å². The number of benzene rings is 4. The zero-order chi connectivity index (χ0) is 31.5. The molecule has 0 radical (unpaired) electrons. The maximum atomic E-state index is 13.5. The molecule has 224 valence electrons. The fourth-order valence-electron chi connectivity index (χ4n) is 4.11. The first-order chi connectivity index (χ1) is 21.2. The van der Waals surface area contributed by atoms with Crippen LogP contribution in [0.15, 0.2) is 114 Å². The molecule has 0 bridgehead atoms. The molecule has 10 heteroatoms. The van der Waals surface area contributed by atoms with Crippen LogP contribution >= 0.6 is 11.8 Å². The van der Waals surface area contributed by atoms with Crippen molar-refractivity contribution >= 4 is 52.8 Å². The van der Waals surface area contributed by atoms with Crippen molar-refractivity contribution in [3.8, 4) is 5.75 Å². The van der Waals surface area contributed by atoms with Gasteiger partial charge in [-0.2, -0.15) is 0 Å². The second-order valence-electron chi connectivity index (χ2n) is 9.58. The average molecular weight is 609 g/mol. The monoisotopic (exact) mass is 608 g/mol. The van der Waals surface area contributed by atoms with Gasteiger partial charge in [-0.1, -0.05) is 43.3 Å². The van der Waals surface area contributed by atoms with Gasteiger partial charge < -0.3 is 26.4 Å². The molecule has 4 amide bonds. The number of thioether (sulfide) groups is 1. The highest BCUT2D eigenvalue weighted by Crippen LogP contribution is 2.29. The highest BCUT2D eigenvalue weighted by Gasteiger charge is 2.20. The summed E-state index contributed by atoms with van der Waals surface area (Å²) in [6.45, 7) is 1.91. The Morgan fingerprint density at radius 2 is 1.55 bits per heavy atom. The quantitative estimate of drug-likeness (QED) is 0.120. The van der Waals surface area contributed by atoms with E-state index >= 15 is 0 Å². The molecule has 0 aromatic heterocycles. The molecule has 44 heavy (non-hydrogen) atoms. The molecule has 1 atom stereocenters. The summed E-state index contributed by atoms with van der Waals surface area (Å²) < 4.78 is 5.30. The van der Waals surface area contributed by atoms with Crippen LogP contribution in [0.25, 0.3) is 6.08 Å². The molecule has 0 heterocycles. The molecule has 0 aliphatic heterocycles. The van der Waals surface area contributed by atoms with Crippen molar-refractivity contribution in [3.05, 3.63) is 126 Å². The molecule has 0 spiro atoms. The van der Waals surface area contributed by atoms with Gasteiger partial charge in [0.1, 0.15) is 11.4 Å². The topological polar surface area (TPSA) is 140 Å². The van der Waals surface area contributed by atoms with Crippen molar-refractivity contribution in [2.75, 3.05) is 17.7 Å². The summed E-state index contributed by atoms with van der Waals surface area (Å²) in [5.74, 6) is -1.09. The van der Waals surface area contributed by atoms with Gasteiger partial charge in [0.25, 0.3) is 11.8 Å². The van der Waals surface area contributed by atoms with Crippen molar-refractivity contribution in [2.24, 2.45) is 5.73 Å². The predicted molar refractivity (Wildman–Crippen MR) is 173 cm³/mol. The Hall–Kier alpha value is -5.35. The van der Waals surface area contributed by atoms with Crippen LogP contribution in [0.3, 0.4) is 0 Å². The number of primary amides is 1. The first kappa shape index (κ1) is 31.6. The molecule has 4 rings (SSSR count). The predicted octanol–water partition coefficient (Wildman–Crippen LogP) is 5.71. The van der Waals surface area contributed by atoms with E-state index in [1.165, 1.54) is 11.8 Å². The van der Waals surface area contributed by atoms with Gasteiger partial charge in [-0.05, 0) is 84.8 Å². The van der Waals surface area contributed by atoms with Crippen molar-refractivity contribution in [1.29, 1.82) is 0 Å². The lowest BCUT2D eigenvalue weighted by molar-refractivity contribution is -0.116. The molecule has 0 aliphatic rings. The fraction of sp³-hybridized carbons (Fsp3) is 0.118. The Morgan fingerprint density at radius 3 is 2.23 bits per heavy atom. The Balaban J connectivity index is 1.49. The van der Waals surface area contributed by atoms with Gasteiger partial charge in [0.05, 0.1) is 12.4 Å². The van der Waals surface area contributed by atoms with Crippen LogP contribution in [0, 0.1) is 0 Å². The number of ether oxygens (including phenoxy) is 1. The number of carbonyl (C=O) groups excluding carboxylic acids is 4. The summed E-state index contributed by atoms with van der Waals surface area (Å²) in [5.41, 5.74) is 7.78. The second kappa shape index (κ2) is 15.2. The maximum absolute atomic E-state index is 13.5. The van der Waals surface area contributed by atoms with E-state index in [1.807, 2.05) is 13.0 Å². The Morgan fingerprint density at radius 1 is 0.818 bits per heavy atom. The largest absolute Gasteiger partial charge is 0.497 e. The van der Waals surface area contributed by atoms with Gasteiger partial charge in [0.2, 0.25) is 11.8 Å². The first-order valence-corrected chi connectivity index (χ1v) is 14.6. The van der Waals surface area contributed by atoms with Crippen molar-refractivity contribution < 1.29 is 23.9 Å². The number of rotatable bonds is 12.